The Labute approximate surface area is 186 Å². The molecule has 0 amide bonds. The van der Waals surface area contributed by atoms with Gasteiger partial charge in [-0.2, -0.15) is 23.4 Å². The van der Waals surface area contributed by atoms with E-state index in [2.05, 4.69) is 25.4 Å². The van der Waals surface area contributed by atoms with E-state index in [0.29, 0.717) is 11.9 Å². The maximum atomic E-state index is 13.5. The van der Waals surface area contributed by atoms with Crippen LogP contribution in [0.5, 0.6) is 11.5 Å². The van der Waals surface area contributed by atoms with Crippen LogP contribution in [0.15, 0.2) is 52.6 Å². The normalized spacial score (nSPS) is 11.5. The first-order valence-corrected chi connectivity index (χ1v) is 9.48. The third kappa shape index (κ3) is 4.72. The Morgan fingerprint density at radius 3 is 2.64 bits per heavy atom. The maximum absolute atomic E-state index is 13.5. The Balaban J connectivity index is 1.76. The van der Waals surface area contributed by atoms with Gasteiger partial charge >= 0.3 is 6.18 Å². The first kappa shape index (κ1) is 22.1. The summed E-state index contributed by atoms with van der Waals surface area (Å²) in [5.74, 6) is -1.24. The Morgan fingerprint density at radius 1 is 1.18 bits per heavy atom. The van der Waals surface area contributed by atoms with Crippen LogP contribution in [0.4, 0.5) is 18.9 Å². The van der Waals surface area contributed by atoms with Crippen molar-refractivity contribution in [2.75, 3.05) is 5.73 Å². The van der Waals surface area contributed by atoms with Crippen molar-refractivity contribution in [3.63, 3.8) is 0 Å². The SMILES string of the molecule is Nc1cc(Cl)cc(Oc2c(C(F)(F)F)ncn(Cc3cc(-c4cn[nH]c4)c(=O)[nH]n3)c2=O)c1. The average Bonchev–Trinajstić information content (AvgIpc) is 3.25. The van der Waals surface area contributed by atoms with Crippen molar-refractivity contribution < 1.29 is 17.9 Å². The Morgan fingerprint density at radius 2 is 1.97 bits per heavy atom. The number of ether oxygens (including phenoxy) is 1. The highest BCUT2D eigenvalue weighted by Gasteiger charge is 2.38. The van der Waals surface area contributed by atoms with Gasteiger partial charge in [-0.05, 0) is 18.2 Å². The van der Waals surface area contributed by atoms with Crippen molar-refractivity contribution >= 4 is 17.3 Å². The smallest absolute Gasteiger partial charge is 0.437 e. The highest BCUT2D eigenvalue weighted by atomic mass is 35.5. The molecule has 3 heterocycles. The summed E-state index contributed by atoms with van der Waals surface area (Å²) in [5.41, 5.74) is 3.44. The van der Waals surface area contributed by atoms with Gasteiger partial charge in [0.2, 0.25) is 5.75 Å². The van der Waals surface area contributed by atoms with Crippen molar-refractivity contribution in [3.05, 3.63) is 80.1 Å². The fraction of sp³-hybridized carbons (Fsp3) is 0.105. The molecule has 10 nitrogen and oxygen atoms in total. The van der Waals surface area contributed by atoms with Crippen LogP contribution in [-0.2, 0) is 12.7 Å². The Kier molecular flexibility index (Phi) is 5.64. The summed E-state index contributed by atoms with van der Waals surface area (Å²) in [4.78, 5) is 28.3. The number of aromatic nitrogens is 6. The van der Waals surface area contributed by atoms with Crippen molar-refractivity contribution in [2.24, 2.45) is 0 Å². The number of nitrogen functional groups attached to an aromatic ring is 1. The summed E-state index contributed by atoms with van der Waals surface area (Å²) in [7, 11) is 0. The van der Waals surface area contributed by atoms with E-state index in [-0.39, 0.29) is 34.3 Å². The second-order valence-electron chi connectivity index (χ2n) is 6.76. The number of benzene rings is 1. The first-order chi connectivity index (χ1) is 15.6. The van der Waals surface area contributed by atoms with Crippen LogP contribution in [0.2, 0.25) is 5.02 Å². The average molecular weight is 480 g/mol. The van der Waals surface area contributed by atoms with Crippen molar-refractivity contribution in [1.82, 2.24) is 29.9 Å². The molecule has 0 spiro atoms. The van der Waals surface area contributed by atoms with Gasteiger partial charge in [-0.3, -0.25) is 19.3 Å². The number of nitrogens with one attached hydrogen (secondary N) is 2. The summed E-state index contributed by atoms with van der Waals surface area (Å²) in [6.45, 7) is -0.306. The molecule has 0 atom stereocenters. The predicted molar refractivity (Wildman–Crippen MR) is 111 cm³/mol. The summed E-state index contributed by atoms with van der Waals surface area (Å²) >= 11 is 5.87. The minimum absolute atomic E-state index is 0.104. The lowest BCUT2D eigenvalue weighted by Gasteiger charge is -2.15. The van der Waals surface area contributed by atoms with Gasteiger partial charge in [-0.15, -0.1) is 0 Å². The third-order valence-corrected chi connectivity index (χ3v) is 4.59. The quantitative estimate of drug-likeness (QED) is 0.373. The van der Waals surface area contributed by atoms with Gasteiger partial charge in [0.1, 0.15) is 5.75 Å². The molecule has 4 rings (SSSR count). The molecule has 33 heavy (non-hydrogen) atoms. The molecule has 4 N–H and O–H groups in total. The molecule has 0 aliphatic carbocycles. The summed E-state index contributed by atoms with van der Waals surface area (Å²) in [5, 5.41) is 12.5. The molecular weight excluding hydrogens is 467 g/mol. The second kappa shape index (κ2) is 8.43. The van der Waals surface area contributed by atoms with Crippen LogP contribution < -0.4 is 21.6 Å². The molecule has 14 heteroatoms. The van der Waals surface area contributed by atoms with E-state index < -0.39 is 28.7 Å². The topological polar surface area (TPSA) is 145 Å². The van der Waals surface area contributed by atoms with Crippen molar-refractivity contribution in [3.8, 4) is 22.6 Å². The number of hydrogen-bond donors (Lipinski definition) is 3. The van der Waals surface area contributed by atoms with Crippen LogP contribution in [0.25, 0.3) is 11.1 Å². The largest absolute Gasteiger partial charge is 0.449 e. The molecule has 0 saturated carbocycles. The van der Waals surface area contributed by atoms with Gasteiger partial charge < -0.3 is 10.5 Å². The number of aromatic amines is 2. The third-order valence-electron chi connectivity index (χ3n) is 4.38. The Hall–Kier alpha value is -4.13. The summed E-state index contributed by atoms with van der Waals surface area (Å²) < 4.78 is 46.6. The minimum atomic E-state index is -4.97. The van der Waals surface area contributed by atoms with Gasteiger partial charge in [0.05, 0.1) is 30.3 Å². The highest BCUT2D eigenvalue weighted by molar-refractivity contribution is 6.31. The lowest BCUT2D eigenvalue weighted by molar-refractivity contribution is -0.142. The standard InChI is InChI=1S/C19H13ClF3N7O3/c20-10-1-11(24)3-13(2-10)33-15-16(19(21,22)23)25-8-30(18(15)32)7-12-4-14(17(31)29-28-12)9-5-26-27-6-9/h1-6,8H,7,24H2,(H,26,27)(H,29,31). The predicted octanol–water partition coefficient (Wildman–Crippen LogP) is 2.81. The van der Waals surface area contributed by atoms with E-state index >= 15 is 0 Å². The molecule has 0 unspecified atom stereocenters. The molecule has 0 bridgehead atoms. The summed E-state index contributed by atoms with van der Waals surface area (Å²) in [6, 6.07) is 5.16. The van der Waals surface area contributed by atoms with E-state index in [0.717, 1.165) is 4.57 Å². The Bertz CT molecular complexity index is 1410. The number of rotatable bonds is 5. The summed E-state index contributed by atoms with van der Waals surface area (Å²) in [6.07, 6.45) is -1.37. The van der Waals surface area contributed by atoms with Gasteiger partial charge in [0, 0.05) is 28.5 Å². The zero-order chi connectivity index (χ0) is 23.8. The van der Waals surface area contributed by atoms with Crippen molar-refractivity contribution in [1.29, 1.82) is 0 Å². The van der Waals surface area contributed by atoms with Gasteiger partial charge in [0.25, 0.3) is 11.1 Å². The zero-order valence-corrected chi connectivity index (χ0v) is 17.1. The fourth-order valence-corrected chi connectivity index (χ4v) is 3.19. The number of nitrogens with two attached hydrogens (primary N) is 1. The van der Waals surface area contributed by atoms with Gasteiger partial charge in [0.15, 0.2) is 5.69 Å². The second-order valence-corrected chi connectivity index (χ2v) is 7.20. The van der Waals surface area contributed by atoms with Crippen LogP contribution in [-0.4, -0.2) is 29.9 Å². The lowest BCUT2D eigenvalue weighted by Crippen LogP contribution is -2.27. The molecule has 0 aliphatic heterocycles. The first-order valence-electron chi connectivity index (χ1n) is 9.10. The number of H-pyrrole nitrogens is 2. The molecule has 0 aliphatic rings. The van der Waals surface area contributed by atoms with Crippen molar-refractivity contribution in [2.45, 2.75) is 12.7 Å². The van der Waals surface area contributed by atoms with E-state index in [1.54, 1.807) is 0 Å². The molecule has 170 valence electrons. The highest BCUT2D eigenvalue weighted by Crippen LogP contribution is 2.35. The molecule has 3 aromatic heterocycles. The number of anilines is 1. The van der Waals surface area contributed by atoms with E-state index in [9.17, 15) is 22.8 Å². The minimum Gasteiger partial charge on any atom is -0.449 e. The molecular formula is C19H13ClF3N7O3. The fourth-order valence-electron chi connectivity index (χ4n) is 2.95. The van der Waals surface area contributed by atoms with Gasteiger partial charge in [-0.1, -0.05) is 11.6 Å². The van der Waals surface area contributed by atoms with E-state index in [1.165, 1.54) is 36.7 Å². The molecule has 0 fully saturated rings. The van der Waals surface area contributed by atoms with Crippen LogP contribution in [0.3, 0.4) is 0 Å². The lowest BCUT2D eigenvalue weighted by atomic mass is 10.1. The monoisotopic (exact) mass is 479 g/mol. The van der Waals surface area contributed by atoms with E-state index in [4.69, 9.17) is 22.1 Å². The van der Waals surface area contributed by atoms with E-state index in [1.807, 2.05) is 0 Å². The molecule has 0 radical (unpaired) electrons. The van der Waals surface area contributed by atoms with Gasteiger partial charge in [-0.25, -0.2) is 10.1 Å². The van der Waals surface area contributed by atoms with Crippen LogP contribution in [0.1, 0.15) is 11.4 Å². The zero-order valence-electron chi connectivity index (χ0n) is 16.4. The van der Waals surface area contributed by atoms with Crippen LogP contribution in [0, 0.1) is 0 Å². The molecule has 0 saturated heterocycles. The maximum Gasteiger partial charge on any atom is 0.437 e. The number of alkyl halides is 3. The molecule has 1 aromatic carbocycles. The number of hydrogen-bond acceptors (Lipinski definition) is 7. The van der Waals surface area contributed by atoms with Crippen LogP contribution >= 0.6 is 11.6 Å². The number of halogens is 4. The molecule has 4 aromatic rings. The number of nitrogens with zero attached hydrogens (tertiary/aromatic N) is 4.